The summed E-state index contributed by atoms with van der Waals surface area (Å²) in [6.07, 6.45) is 1.38. The molecule has 22 heavy (non-hydrogen) atoms. The summed E-state index contributed by atoms with van der Waals surface area (Å²) in [6, 6.07) is 15.2. The molecule has 0 spiro atoms. The number of nitrogens with one attached hydrogen (secondary N) is 2. The normalized spacial score (nSPS) is 10.2. The van der Waals surface area contributed by atoms with Crippen LogP contribution in [0.2, 0.25) is 0 Å². The lowest BCUT2D eigenvalue weighted by atomic mass is 10.3. The first-order valence-electron chi connectivity index (χ1n) is 6.76. The number of carbonyl (C=O) groups is 1. The highest BCUT2D eigenvalue weighted by molar-refractivity contribution is 7.09. The van der Waals surface area contributed by atoms with E-state index in [1.54, 1.807) is 17.4 Å². The van der Waals surface area contributed by atoms with Gasteiger partial charge in [0.15, 0.2) is 0 Å². The Kier molecular flexibility index (Phi) is 4.41. The number of rotatable bonds is 5. The second kappa shape index (κ2) is 6.82. The number of carbonyl (C=O) groups excluding carboxylic acids is 1. The van der Waals surface area contributed by atoms with Crippen molar-refractivity contribution < 1.29 is 4.79 Å². The first-order chi connectivity index (χ1) is 10.8. The highest BCUT2D eigenvalue weighted by Gasteiger charge is 2.09. The van der Waals surface area contributed by atoms with Crippen molar-refractivity contribution in [3.63, 3.8) is 0 Å². The second-order valence-corrected chi connectivity index (χ2v) is 5.57. The van der Waals surface area contributed by atoms with Crippen LogP contribution in [0, 0.1) is 0 Å². The quantitative estimate of drug-likeness (QED) is 0.759. The van der Waals surface area contributed by atoms with Crippen LogP contribution in [0.3, 0.4) is 0 Å². The molecule has 0 saturated carbocycles. The molecule has 0 aliphatic rings. The number of nitrogens with zero attached hydrogens (tertiary/aromatic N) is 2. The monoisotopic (exact) mass is 310 g/mol. The summed E-state index contributed by atoms with van der Waals surface area (Å²) in [6.45, 7) is 0.502. The van der Waals surface area contributed by atoms with Gasteiger partial charge in [-0.25, -0.2) is 9.97 Å². The molecule has 0 aliphatic heterocycles. The van der Waals surface area contributed by atoms with Crippen molar-refractivity contribution in [3.8, 4) is 0 Å². The van der Waals surface area contributed by atoms with Gasteiger partial charge in [-0.2, -0.15) is 0 Å². The Morgan fingerprint density at radius 1 is 1.09 bits per heavy atom. The van der Waals surface area contributed by atoms with Gasteiger partial charge in [0.1, 0.15) is 17.8 Å². The van der Waals surface area contributed by atoms with E-state index in [2.05, 4.69) is 20.6 Å². The number of hydrogen-bond donors (Lipinski definition) is 2. The number of hydrogen-bond acceptors (Lipinski definition) is 5. The summed E-state index contributed by atoms with van der Waals surface area (Å²) in [7, 11) is 0. The molecule has 0 fully saturated rings. The van der Waals surface area contributed by atoms with E-state index in [1.807, 2.05) is 47.8 Å². The molecule has 6 heteroatoms. The van der Waals surface area contributed by atoms with Gasteiger partial charge < -0.3 is 10.6 Å². The summed E-state index contributed by atoms with van der Waals surface area (Å²) in [4.78, 5) is 21.4. The van der Waals surface area contributed by atoms with E-state index in [0.29, 0.717) is 18.1 Å². The lowest BCUT2D eigenvalue weighted by Crippen LogP contribution is -2.23. The summed E-state index contributed by atoms with van der Waals surface area (Å²) >= 11 is 1.61. The van der Waals surface area contributed by atoms with Crippen molar-refractivity contribution in [1.82, 2.24) is 15.3 Å². The minimum atomic E-state index is -0.216. The van der Waals surface area contributed by atoms with Crippen LogP contribution in [0.5, 0.6) is 0 Å². The summed E-state index contributed by atoms with van der Waals surface area (Å²) in [5, 5.41) is 7.97. The van der Waals surface area contributed by atoms with Gasteiger partial charge in [0.05, 0.1) is 6.54 Å². The molecule has 0 saturated heterocycles. The Bertz CT molecular complexity index is 744. The highest BCUT2D eigenvalue weighted by Crippen LogP contribution is 2.14. The molecule has 0 bridgehead atoms. The SMILES string of the molecule is O=C(NCc1cccs1)c1cc(Nc2ccccc2)ncn1. The standard InChI is InChI=1S/C16H14N4OS/c21-16(17-10-13-7-4-8-22-13)14-9-15(19-11-18-14)20-12-5-2-1-3-6-12/h1-9,11H,10H2,(H,17,21)(H,18,19,20). The number of thiophene rings is 1. The van der Waals surface area contributed by atoms with E-state index < -0.39 is 0 Å². The van der Waals surface area contributed by atoms with Gasteiger partial charge >= 0.3 is 0 Å². The number of anilines is 2. The molecule has 2 N–H and O–H groups in total. The van der Waals surface area contributed by atoms with Crippen molar-refractivity contribution in [2.75, 3.05) is 5.32 Å². The molecule has 5 nitrogen and oxygen atoms in total. The minimum Gasteiger partial charge on any atom is -0.346 e. The topological polar surface area (TPSA) is 66.9 Å². The molecular formula is C16H14N4OS. The summed E-state index contributed by atoms with van der Waals surface area (Å²) in [5.74, 6) is 0.370. The molecule has 0 aliphatic carbocycles. The van der Waals surface area contributed by atoms with Gasteiger partial charge in [0.2, 0.25) is 0 Å². The molecule has 1 aromatic carbocycles. The van der Waals surface area contributed by atoms with Gasteiger partial charge in [0, 0.05) is 16.6 Å². The van der Waals surface area contributed by atoms with Crippen molar-refractivity contribution >= 4 is 28.7 Å². The molecule has 3 rings (SSSR count). The maximum absolute atomic E-state index is 12.1. The summed E-state index contributed by atoms with van der Waals surface area (Å²) < 4.78 is 0. The van der Waals surface area contributed by atoms with Gasteiger partial charge in [0.25, 0.3) is 5.91 Å². The largest absolute Gasteiger partial charge is 0.346 e. The van der Waals surface area contributed by atoms with E-state index >= 15 is 0 Å². The first-order valence-corrected chi connectivity index (χ1v) is 7.64. The molecule has 0 radical (unpaired) electrons. The molecular weight excluding hydrogens is 296 g/mol. The Labute approximate surface area is 132 Å². The Hall–Kier alpha value is -2.73. The third-order valence-electron chi connectivity index (χ3n) is 2.95. The van der Waals surface area contributed by atoms with E-state index in [0.717, 1.165) is 10.6 Å². The Balaban J connectivity index is 1.66. The van der Waals surface area contributed by atoms with Crippen molar-refractivity contribution in [3.05, 3.63) is 70.8 Å². The number of aromatic nitrogens is 2. The molecule has 1 amide bonds. The molecule has 0 atom stereocenters. The molecule has 3 aromatic rings. The zero-order valence-electron chi connectivity index (χ0n) is 11.7. The summed E-state index contributed by atoms with van der Waals surface area (Å²) in [5.41, 5.74) is 1.25. The van der Waals surface area contributed by atoms with Crippen LogP contribution >= 0.6 is 11.3 Å². The van der Waals surface area contributed by atoms with E-state index in [1.165, 1.54) is 6.33 Å². The van der Waals surface area contributed by atoms with Crippen molar-refractivity contribution in [2.45, 2.75) is 6.54 Å². The fourth-order valence-corrected chi connectivity index (χ4v) is 2.53. The maximum atomic E-state index is 12.1. The lowest BCUT2D eigenvalue weighted by molar-refractivity contribution is 0.0946. The second-order valence-electron chi connectivity index (χ2n) is 4.54. The maximum Gasteiger partial charge on any atom is 0.270 e. The van der Waals surface area contributed by atoms with Gasteiger partial charge in [-0.1, -0.05) is 24.3 Å². The first kappa shape index (κ1) is 14.2. The van der Waals surface area contributed by atoms with E-state index in [4.69, 9.17) is 0 Å². The zero-order valence-corrected chi connectivity index (χ0v) is 12.5. The Morgan fingerprint density at radius 2 is 1.95 bits per heavy atom. The van der Waals surface area contributed by atoms with E-state index in [9.17, 15) is 4.79 Å². The molecule has 110 valence electrons. The average Bonchev–Trinajstić information content (AvgIpc) is 3.07. The number of benzene rings is 1. The molecule has 2 heterocycles. The third-order valence-corrected chi connectivity index (χ3v) is 3.83. The van der Waals surface area contributed by atoms with Crippen LogP contribution in [-0.4, -0.2) is 15.9 Å². The fraction of sp³-hybridized carbons (Fsp3) is 0.0625. The van der Waals surface area contributed by atoms with Crippen LogP contribution in [0.15, 0.2) is 60.2 Å². The lowest BCUT2D eigenvalue weighted by Gasteiger charge is -2.07. The van der Waals surface area contributed by atoms with Gasteiger partial charge in [-0.15, -0.1) is 11.3 Å². The average molecular weight is 310 g/mol. The smallest absolute Gasteiger partial charge is 0.270 e. The van der Waals surface area contributed by atoms with Crippen LogP contribution in [0.25, 0.3) is 0 Å². The minimum absolute atomic E-state index is 0.216. The zero-order chi connectivity index (χ0) is 15.2. The van der Waals surface area contributed by atoms with Gasteiger partial charge in [-0.05, 0) is 23.6 Å². The predicted octanol–water partition coefficient (Wildman–Crippen LogP) is 3.21. The van der Waals surface area contributed by atoms with Gasteiger partial charge in [-0.3, -0.25) is 4.79 Å². The van der Waals surface area contributed by atoms with Crippen LogP contribution < -0.4 is 10.6 Å². The number of amides is 1. The third kappa shape index (κ3) is 3.67. The van der Waals surface area contributed by atoms with Crippen LogP contribution in [-0.2, 0) is 6.54 Å². The van der Waals surface area contributed by atoms with Crippen molar-refractivity contribution in [2.24, 2.45) is 0 Å². The van der Waals surface area contributed by atoms with Crippen molar-refractivity contribution in [1.29, 1.82) is 0 Å². The highest BCUT2D eigenvalue weighted by atomic mass is 32.1. The molecule has 2 aromatic heterocycles. The van der Waals surface area contributed by atoms with E-state index in [-0.39, 0.29) is 5.91 Å². The van der Waals surface area contributed by atoms with Crippen LogP contribution in [0.1, 0.15) is 15.4 Å². The van der Waals surface area contributed by atoms with Crippen LogP contribution in [0.4, 0.5) is 11.5 Å². The molecule has 0 unspecified atom stereocenters. The predicted molar refractivity (Wildman–Crippen MR) is 87.2 cm³/mol. The number of para-hydroxylation sites is 1. The fourth-order valence-electron chi connectivity index (χ4n) is 1.89. The Morgan fingerprint density at radius 3 is 2.73 bits per heavy atom.